The molecule has 2 aliphatic heterocycles. The van der Waals surface area contributed by atoms with E-state index in [1.165, 1.54) is 12.8 Å². The van der Waals surface area contributed by atoms with Crippen molar-refractivity contribution in [3.8, 4) is 0 Å². The van der Waals surface area contributed by atoms with Crippen LogP contribution in [-0.2, 0) is 9.53 Å². The van der Waals surface area contributed by atoms with Crippen molar-refractivity contribution in [1.82, 2.24) is 4.90 Å². The van der Waals surface area contributed by atoms with Crippen molar-refractivity contribution in [2.45, 2.75) is 68.5 Å². The fourth-order valence-corrected chi connectivity index (χ4v) is 3.71. The minimum Gasteiger partial charge on any atom is -0.462 e. The van der Waals surface area contributed by atoms with E-state index in [2.05, 4.69) is 41.7 Å². The van der Waals surface area contributed by atoms with Crippen LogP contribution in [0, 0.1) is 0 Å². The van der Waals surface area contributed by atoms with Gasteiger partial charge in [0, 0.05) is 16.9 Å². The predicted molar refractivity (Wildman–Crippen MR) is 104 cm³/mol. The van der Waals surface area contributed by atoms with Crippen LogP contribution >= 0.6 is 15.9 Å². The summed E-state index contributed by atoms with van der Waals surface area (Å²) in [6.07, 6.45) is 4.26. The number of nitrogens with zero attached hydrogens (tertiary/aromatic N) is 1. The van der Waals surface area contributed by atoms with E-state index in [9.17, 15) is 9.90 Å². The second-order valence-corrected chi connectivity index (χ2v) is 9.07. The molecule has 0 spiro atoms. The van der Waals surface area contributed by atoms with Gasteiger partial charge in [0.05, 0.1) is 6.61 Å². The van der Waals surface area contributed by atoms with Crippen LogP contribution in [-0.4, -0.2) is 52.6 Å². The normalized spacial score (nSPS) is 26.7. The second kappa shape index (κ2) is 9.70. The Morgan fingerprint density at radius 3 is 2.24 bits per heavy atom. The van der Waals surface area contributed by atoms with Gasteiger partial charge < -0.3 is 14.7 Å². The molecule has 4 nitrogen and oxygen atoms in total. The summed E-state index contributed by atoms with van der Waals surface area (Å²) < 4.78 is 5.70. The molecule has 25 heavy (non-hydrogen) atoms. The number of piperidine rings is 1. The van der Waals surface area contributed by atoms with Crippen molar-refractivity contribution in [2.24, 2.45) is 0 Å². The summed E-state index contributed by atoms with van der Waals surface area (Å²) in [6, 6.07) is 10.5. The van der Waals surface area contributed by atoms with Gasteiger partial charge in [0.1, 0.15) is 12.0 Å². The lowest BCUT2D eigenvalue weighted by molar-refractivity contribution is -0.155. The van der Waals surface area contributed by atoms with Crippen molar-refractivity contribution < 1.29 is 14.6 Å². The first-order valence-electron chi connectivity index (χ1n) is 9.14. The van der Waals surface area contributed by atoms with Crippen LogP contribution in [0.25, 0.3) is 0 Å². The number of benzene rings is 1. The molecule has 2 bridgehead atoms. The minimum atomic E-state index is -0.566. The van der Waals surface area contributed by atoms with Gasteiger partial charge in [0.2, 0.25) is 0 Å². The Kier molecular flexibility index (Phi) is 7.91. The quantitative estimate of drug-likeness (QED) is 0.605. The molecule has 2 unspecified atom stereocenters. The van der Waals surface area contributed by atoms with E-state index in [4.69, 9.17) is 4.74 Å². The molecule has 3 rings (SSSR count). The number of aliphatic hydroxyl groups excluding tert-OH is 1. The van der Waals surface area contributed by atoms with Crippen LogP contribution in [0.3, 0.4) is 0 Å². The zero-order valence-corrected chi connectivity index (χ0v) is 17.0. The minimum absolute atomic E-state index is 0.00367. The van der Waals surface area contributed by atoms with Crippen molar-refractivity contribution in [3.63, 3.8) is 0 Å². The van der Waals surface area contributed by atoms with Gasteiger partial charge in [-0.2, -0.15) is 0 Å². The van der Waals surface area contributed by atoms with E-state index in [1.807, 2.05) is 30.3 Å². The Morgan fingerprint density at radius 2 is 1.76 bits per heavy atom. The Bertz CT molecular complexity index is 520. The van der Waals surface area contributed by atoms with Crippen molar-refractivity contribution in [3.05, 3.63) is 35.9 Å². The van der Waals surface area contributed by atoms with Crippen molar-refractivity contribution in [2.75, 3.05) is 13.7 Å². The number of carbonyl (C=O) groups excluding carboxylic acids is 1. The molecule has 1 aromatic rings. The fraction of sp³-hybridized carbons (Fsp3) is 0.650. The summed E-state index contributed by atoms with van der Waals surface area (Å²) >= 11 is 3.27. The van der Waals surface area contributed by atoms with Gasteiger partial charge in [-0.05, 0) is 38.3 Å². The standard InChI is InChI=1S/C17H23NO3.C3H7Br/c1-18-13-7-8-14(18)10-15(9-13)21-17(20)16(11-19)12-5-3-2-4-6-12;1-3(2)4/h2-6,13-16,19H,7-11H2,1H3;3H,1-2H3/t13-,14+,15?,16?;. The molecule has 2 saturated heterocycles. The Balaban J connectivity index is 0.000000511. The van der Waals surface area contributed by atoms with Gasteiger partial charge in [0.25, 0.3) is 0 Å². The first-order chi connectivity index (χ1) is 11.9. The Hall–Kier alpha value is -0.910. The Labute approximate surface area is 159 Å². The Morgan fingerprint density at radius 1 is 1.24 bits per heavy atom. The van der Waals surface area contributed by atoms with E-state index in [1.54, 1.807) is 0 Å². The van der Waals surface area contributed by atoms with Gasteiger partial charge in [-0.1, -0.05) is 60.1 Å². The summed E-state index contributed by atoms with van der Waals surface area (Å²) in [5.41, 5.74) is 0.820. The number of rotatable bonds is 4. The van der Waals surface area contributed by atoms with E-state index in [0.29, 0.717) is 16.9 Å². The van der Waals surface area contributed by atoms with E-state index in [0.717, 1.165) is 18.4 Å². The van der Waals surface area contributed by atoms with Crippen LogP contribution in [0.15, 0.2) is 30.3 Å². The van der Waals surface area contributed by atoms with Gasteiger partial charge in [0.15, 0.2) is 0 Å². The van der Waals surface area contributed by atoms with Gasteiger partial charge in [-0.3, -0.25) is 4.79 Å². The number of aliphatic hydroxyl groups is 1. The van der Waals surface area contributed by atoms with Crippen LogP contribution in [0.4, 0.5) is 0 Å². The first kappa shape index (κ1) is 20.4. The third-order valence-corrected chi connectivity index (χ3v) is 5.01. The lowest BCUT2D eigenvalue weighted by Crippen LogP contribution is -2.43. The first-order valence-corrected chi connectivity index (χ1v) is 10.1. The second-order valence-electron chi connectivity index (χ2n) is 7.24. The maximum atomic E-state index is 12.4. The predicted octanol–water partition coefficient (Wildman–Crippen LogP) is 3.72. The number of alkyl halides is 1. The number of carbonyl (C=O) groups is 1. The molecule has 0 aromatic heterocycles. The summed E-state index contributed by atoms with van der Waals surface area (Å²) in [4.78, 5) is 15.4. The topological polar surface area (TPSA) is 49.8 Å². The highest BCUT2D eigenvalue weighted by atomic mass is 79.9. The summed E-state index contributed by atoms with van der Waals surface area (Å²) in [6.45, 7) is 3.96. The molecular weight excluding hydrogens is 382 g/mol. The molecule has 2 fully saturated rings. The zero-order chi connectivity index (χ0) is 18.4. The number of hydrogen-bond acceptors (Lipinski definition) is 4. The third-order valence-electron chi connectivity index (χ3n) is 5.01. The van der Waals surface area contributed by atoms with Crippen molar-refractivity contribution >= 4 is 21.9 Å². The van der Waals surface area contributed by atoms with Gasteiger partial charge in [-0.25, -0.2) is 0 Å². The highest BCUT2D eigenvalue weighted by molar-refractivity contribution is 9.09. The largest absolute Gasteiger partial charge is 0.462 e. The maximum Gasteiger partial charge on any atom is 0.316 e. The molecule has 0 radical (unpaired) electrons. The third kappa shape index (κ3) is 5.80. The van der Waals surface area contributed by atoms with Crippen LogP contribution < -0.4 is 0 Å². The summed E-state index contributed by atoms with van der Waals surface area (Å²) in [5.74, 6) is -0.860. The number of ether oxygens (including phenoxy) is 1. The molecule has 0 saturated carbocycles. The van der Waals surface area contributed by atoms with Crippen LogP contribution in [0.5, 0.6) is 0 Å². The molecule has 0 amide bonds. The van der Waals surface area contributed by atoms with Gasteiger partial charge in [-0.15, -0.1) is 0 Å². The highest BCUT2D eigenvalue weighted by Gasteiger charge is 2.40. The number of fused-ring (bicyclic) bond motifs is 2. The van der Waals surface area contributed by atoms with Crippen molar-refractivity contribution in [1.29, 1.82) is 0 Å². The summed E-state index contributed by atoms with van der Waals surface area (Å²) in [7, 11) is 2.17. The van der Waals surface area contributed by atoms with E-state index >= 15 is 0 Å². The molecule has 4 atom stereocenters. The zero-order valence-electron chi connectivity index (χ0n) is 15.4. The number of esters is 1. The molecule has 1 N–H and O–H groups in total. The number of halogens is 1. The fourth-order valence-electron chi connectivity index (χ4n) is 3.71. The number of hydrogen-bond donors (Lipinski definition) is 1. The molecule has 0 aliphatic carbocycles. The average Bonchev–Trinajstić information content (AvgIpc) is 2.78. The molecule has 140 valence electrons. The monoisotopic (exact) mass is 411 g/mol. The molecule has 2 aliphatic rings. The molecule has 5 heteroatoms. The maximum absolute atomic E-state index is 12.4. The van der Waals surface area contributed by atoms with E-state index < -0.39 is 5.92 Å². The molecular formula is C20H30BrNO3. The average molecular weight is 412 g/mol. The lowest BCUT2D eigenvalue weighted by Gasteiger charge is -2.36. The van der Waals surface area contributed by atoms with Gasteiger partial charge >= 0.3 is 5.97 Å². The van der Waals surface area contributed by atoms with Crippen LogP contribution in [0.1, 0.15) is 51.0 Å². The highest BCUT2D eigenvalue weighted by Crippen LogP contribution is 2.36. The summed E-state index contributed by atoms with van der Waals surface area (Å²) in [5, 5.41) is 9.53. The molecule has 1 aromatic carbocycles. The van der Waals surface area contributed by atoms with E-state index in [-0.39, 0.29) is 18.7 Å². The lowest BCUT2D eigenvalue weighted by atomic mass is 9.98. The smallest absolute Gasteiger partial charge is 0.316 e. The SMILES string of the molecule is CC(C)Br.CN1[C@@H]2CC[C@H]1CC(OC(=O)C(CO)c1ccccc1)C2. The molecule has 2 heterocycles. The van der Waals surface area contributed by atoms with Crippen LogP contribution in [0.2, 0.25) is 0 Å².